The lowest BCUT2D eigenvalue weighted by molar-refractivity contribution is 0.727. The average molecular weight is 291 g/mol. The molecule has 2 unspecified atom stereocenters. The highest BCUT2D eigenvalue weighted by Gasteiger charge is 2.21. The first-order chi connectivity index (χ1) is 8.99. The molecule has 1 aromatic heterocycles. The Hall–Kier alpha value is -0.770. The van der Waals surface area contributed by atoms with E-state index in [2.05, 4.69) is 57.3 Å². The van der Waals surface area contributed by atoms with E-state index in [1.165, 1.54) is 26.5 Å². The van der Waals surface area contributed by atoms with Gasteiger partial charge in [0.1, 0.15) is 0 Å². The molecule has 0 amide bonds. The molecular weight excluding hydrogens is 270 g/mol. The molecule has 0 spiro atoms. The molecule has 2 atom stereocenters. The Morgan fingerprint density at radius 3 is 2.42 bits per heavy atom. The molecule has 2 aromatic rings. The van der Waals surface area contributed by atoms with Gasteiger partial charge in [0.2, 0.25) is 0 Å². The van der Waals surface area contributed by atoms with Gasteiger partial charge in [-0.2, -0.15) is 0 Å². The number of hydrogen-bond acceptors (Lipinski definition) is 3. The third-order valence-corrected chi connectivity index (χ3v) is 6.10. The first-order valence-electron chi connectivity index (χ1n) is 6.52. The van der Waals surface area contributed by atoms with E-state index in [1.807, 2.05) is 23.1 Å². The van der Waals surface area contributed by atoms with E-state index in [1.54, 1.807) is 0 Å². The van der Waals surface area contributed by atoms with Gasteiger partial charge in [0.15, 0.2) is 0 Å². The molecule has 0 aliphatic heterocycles. The van der Waals surface area contributed by atoms with Crippen molar-refractivity contribution in [3.63, 3.8) is 0 Å². The quantitative estimate of drug-likeness (QED) is 0.815. The fourth-order valence-corrected chi connectivity index (χ4v) is 4.67. The average Bonchev–Trinajstić information content (AvgIpc) is 2.76. The van der Waals surface area contributed by atoms with Crippen molar-refractivity contribution in [2.75, 3.05) is 0 Å². The number of aryl methyl sites for hydroxylation is 3. The fraction of sp³-hybridized carbons (Fsp3) is 0.375. The number of nitrogens with two attached hydrogens (primary N) is 1. The van der Waals surface area contributed by atoms with Crippen molar-refractivity contribution in [2.24, 2.45) is 5.73 Å². The Kier molecular flexibility index (Phi) is 4.71. The summed E-state index contributed by atoms with van der Waals surface area (Å²) in [6.45, 7) is 8.58. The van der Waals surface area contributed by atoms with Crippen molar-refractivity contribution in [1.29, 1.82) is 0 Å². The predicted octanol–water partition coefficient (Wildman–Crippen LogP) is 4.85. The van der Waals surface area contributed by atoms with Crippen LogP contribution in [0.5, 0.6) is 0 Å². The molecule has 3 heteroatoms. The van der Waals surface area contributed by atoms with Crippen molar-refractivity contribution in [2.45, 2.75) is 43.9 Å². The number of benzene rings is 1. The lowest BCUT2D eigenvalue weighted by Gasteiger charge is -2.21. The number of rotatable bonds is 4. The summed E-state index contributed by atoms with van der Waals surface area (Å²) in [5.74, 6) is 0. The second-order valence-electron chi connectivity index (χ2n) is 5.13. The molecule has 102 valence electrons. The second-order valence-corrected chi connectivity index (χ2v) is 7.27. The summed E-state index contributed by atoms with van der Waals surface area (Å²) in [4.78, 5) is 2.75. The van der Waals surface area contributed by atoms with Gasteiger partial charge < -0.3 is 5.73 Å². The van der Waals surface area contributed by atoms with Crippen molar-refractivity contribution < 1.29 is 0 Å². The lowest BCUT2D eigenvalue weighted by atomic mass is 10.1. The van der Waals surface area contributed by atoms with Gasteiger partial charge in [-0.3, -0.25) is 0 Å². The van der Waals surface area contributed by atoms with Crippen LogP contribution in [0.4, 0.5) is 0 Å². The molecule has 2 rings (SSSR count). The molecule has 1 aromatic carbocycles. The van der Waals surface area contributed by atoms with Crippen LogP contribution in [-0.2, 0) is 0 Å². The van der Waals surface area contributed by atoms with Gasteiger partial charge in [-0.15, -0.1) is 23.1 Å². The van der Waals surface area contributed by atoms with E-state index < -0.39 is 0 Å². The highest BCUT2D eigenvalue weighted by atomic mass is 32.2. The van der Waals surface area contributed by atoms with E-state index in [4.69, 9.17) is 5.73 Å². The van der Waals surface area contributed by atoms with Crippen LogP contribution >= 0.6 is 23.1 Å². The third kappa shape index (κ3) is 3.41. The minimum absolute atomic E-state index is 0.141. The predicted molar refractivity (Wildman–Crippen MR) is 87.2 cm³/mol. The summed E-state index contributed by atoms with van der Waals surface area (Å²) >= 11 is 3.71. The zero-order chi connectivity index (χ0) is 14.0. The normalized spacial score (nSPS) is 14.4. The zero-order valence-corrected chi connectivity index (χ0v) is 13.6. The summed E-state index contributed by atoms with van der Waals surface area (Å²) in [5, 5.41) is 2.49. The molecule has 0 radical (unpaired) electrons. The Morgan fingerprint density at radius 2 is 1.84 bits per heavy atom. The third-order valence-electron chi connectivity index (χ3n) is 3.24. The van der Waals surface area contributed by atoms with E-state index >= 15 is 0 Å². The van der Waals surface area contributed by atoms with Crippen LogP contribution in [0.25, 0.3) is 0 Å². The van der Waals surface area contributed by atoms with Gasteiger partial charge in [-0.05, 0) is 56.3 Å². The molecule has 1 nitrogen and oxygen atoms in total. The topological polar surface area (TPSA) is 26.0 Å². The van der Waals surface area contributed by atoms with Crippen molar-refractivity contribution >= 4 is 23.1 Å². The summed E-state index contributed by atoms with van der Waals surface area (Å²) in [6.07, 6.45) is 0. The van der Waals surface area contributed by atoms with Gasteiger partial charge in [0.05, 0.1) is 5.25 Å². The molecule has 0 saturated carbocycles. The van der Waals surface area contributed by atoms with Crippen molar-refractivity contribution in [1.82, 2.24) is 0 Å². The van der Waals surface area contributed by atoms with Crippen LogP contribution in [0.1, 0.15) is 33.7 Å². The van der Waals surface area contributed by atoms with Crippen molar-refractivity contribution in [3.8, 4) is 0 Å². The first kappa shape index (κ1) is 14.6. The summed E-state index contributed by atoms with van der Waals surface area (Å²) in [5.41, 5.74) is 10.2. The lowest BCUT2D eigenvalue weighted by Crippen LogP contribution is -2.22. The van der Waals surface area contributed by atoms with E-state index in [-0.39, 0.29) is 6.04 Å². The van der Waals surface area contributed by atoms with Gasteiger partial charge in [0, 0.05) is 15.8 Å². The standard InChI is InChI=1S/C16H21NS2/c1-10-5-6-11(2)14(9-10)19-16(13(4)17)15-12(3)7-8-18-15/h5-9,13,16H,17H2,1-4H3. The smallest absolute Gasteiger partial charge is 0.0589 e. The van der Waals surface area contributed by atoms with Crippen LogP contribution in [0.2, 0.25) is 0 Å². The summed E-state index contributed by atoms with van der Waals surface area (Å²) in [7, 11) is 0. The van der Waals surface area contributed by atoms with Crippen LogP contribution < -0.4 is 5.73 Å². The Labute approximate surface area is 124 Å². The van der Waals surface area contributed by atoms with Gasteiger partial charge in [-0.1, -0.05) is 17.7 Å². The first-order valence-corrected chi connectivity index (χ1v) is 8.28. The Morgan fingerprint density at radius 1 is 1.11 bits per heavy atom. The largest absolute Gasteiger partial charge is 0.327 e. The number of thioether (sulfide) groups is 1. The van der Waals surface area contributed by atoms with Crippen LogP contribution in [0.3, 0.4) is 0 Å². The maximum Gasteiger partial charge on any atom is 0.0589 e. The van der Waals surface area contributed by atoms with Crippen LogP contribution in [0, 0.1) is 20.8 Å². The van der Waals surface area contributed by atoms with Gasteiger partial charge >= 0.3 is 0 Å². The second kappa shape index (κ2) is 6.12. The van der Waals surface area contributed by atoms with Crippen LogP contribution in [0.15, 0.2) is 34.5 Å². The molecule has 0 aliphatic rings. The Bertz CT molecular complexity index is 558. The summed E-state index contributed by atoms with van der Waals surface area (Å²) < 4.78 is 0. The molecular formula is C16H21NS2. The molecule has 19 heavy (non-hydrogen) atoms. The number of thiophene rings is 1. The van der Waals surface area contributed by atoms with Crippen molar-refractivity contribution in [3.05, 3.63) is 51.2 Å². The Balaban J connectivity index is 2.32. The zero-order valence-electron chi connectivity index (χ0n) is 11.9. The van der Waals surface area contributed by atoms with Gasteiger partial charge in [-0.25, -0.2) is 0 Å². The minimum Gasteiger partial charge on any atom is -0.327 e. The van der Waals surface area contributed by atoms with E-state index in [9.17, 15) is 0 Å². The molecule has 0 aliphatic carbocycles. The fourth-order valence-electron chi connectivity index (χ4n) is 2.05. The number of hydrogen-bond donors (Lipinski definition) is 1. The van der Waals surface area contributed by atoms with E-state index in [0.717, 1.165) is 0 Å². The minimum atomic E-state index is 0.141. The highest BCUT2D eigenvalue weighted by Crippen LogP contribution is 2.42. The SMILES string of the molecule is Cc1ccc(C)c(SC(c2sccc2C)C(C)N)c1. The molecule has 0 fully saturated rings. The van der Waals surface area contributed by atoms with E-state index in [0.29, 0.717) is 5.25 Å². The maximum atomic E-state index is 6.22. The molecule has 0 saturated heterocycles. The monoisotopic (exact) mass is 291 g/mol. The van der Waals surface area contributed by atoms with Crippen LogP contribution in [-0.4, -0.2) is 6.04 Å². The van der Waals surface area contributed by atoms with Gasteiger partial charge in [0.25, 0.3) is 0 Å². The molecule has 0 bridgehead atoms. The molecule has 1 heterocycles. The molecule has 2 N–H and O–H groups in total. The highest BCUT2D eigenvalue weighted by molar-refractivity contribution is 7.99. The maximum absolute atomic E-state index is 6.22. The summed E-state index contributed by atoms with van der Waals surface area (Å²) in [6, 6.07) is 8.94.